The smallest absolute Gasteiger partial charge is 0.873 e. The third kappa shape index (κ3) is 10.5. The molecule has 0 saturated carbocycles. The minimum Gasteiger partial charge on any atom is -0.873 e. The Labute approximate surface area is 233 Å². The van der Waals surface area contributed by atoms with Gasteiger partial charge in [0.2, 0.25) is 0 Å². The first kappa shape index (κ1) is 32.1. The summed E-state index contributed by atoms with van der Waals surface area (Å²) in [7, 11) is 0. The van der Waals surface area contributed by atoms with Crippen LogP contribution in [0.2, 0.25) is 0 Å². The molecule has 0 heterocycles. The van der Waals surface area contributed by atoms with E-state index in [-0.39, 0.29) is 28.0 Å². The van der Waals surface area contributed by atoms with Crippen LogP contribution < -0.4 is 10.2 Å². The maximum Gasteiger partial charge on any atom is 2.00 e. The van der Waals surface area contributed by atoms with Gasteiger partial charge >= 0.3 is 16.5 Å². The molecule has 4 nitrogen and oxygen atoms in total. The molecule has 0 aliphatic rings. The van der Waals surface area contributed by atoms with Crippen molar-refractivity contribution in [1.29, 1.82) is 0 Å². The first-order valence-corrected chi connectivity index (χ1v) is 13.1. The van der Waals surface area contributed by atoms with Crippen molar-refractivity contribution in [3.63, 3.8) is 0 Å². The Morgan fingerprint density at radius 2 is 1.32 bits per heavy atom. The van der Waals surface area contributed by atoms with Gasteiger partial charge in [0.05, 0.1) is 22.8 Å². The number of nitrogens with zero attached hydrogens (tertiary/aromatic N) is 2. The molecule has 200 valence electrons. The van der Waals surface area contributed by atoms with Crippen molar-refractivity contribution in [1.82, 2.24) is 0 Å². The molecule has 0 aromatic heterocycles. The summed E-state index contributed by atoms with van der Waals surface area (Å²) >= 11 is 0. The van der Waals surface area contributed by atoms with E-state index in [1.54, 1.807) is 0 Å². The molecule has 3 aromatic carbocycles. The second-order valence-corrected chi connectivity index (χ2v) is 8.95. The summed E-state index contributed by atoms with van der Waals surface area (Å²) in [6.07, 6.45) is 6.84. The molecule has 0 saturated heterocycles. The summed E-state index contributed by atoms with van der Waals surface area (Å²) in [5, 5.41) is 23.1. The van der Waals surface area contributed by atoms with Gasteiger partial charge in [-0.3, -0.25) is 9.98 Å². The Balaban J connectivity index is 0.000000381. The predicted octanol–water partition coefficient (Wildman–Crippen LogP) is 7.79. The van der Waals surface area contributed by atoms with Gasteiger partial charge in [-0.05, 0) is 81.3 Å². The molecule has 0 aliphatic heterocycles. The van der Waals surface area contributed by atoms with Gasteiger partial charge in [0.25, 0.3) is 0 Å². The third-order valence-electron chi connectivity index (χ3n) is 6.16. The fraction of sp³-hybridized carbons (Fsp3) is 0.375. The van der Waals surface area contributed by atoms with Crippen LogP contribution in [-0.4, -0.2) is 11.4 Å². The number of unbranched alkanes of at least 4 members (excludes halogenated alkanes) is 2. The van der Waals surface area contributed by atoms with E-state index in [2.05, 4.69) is 13.8 Å². The van der Waals surface area contributed by atoms with Crippen LogP contribution in [-0.2, 0) is 29.3 Å². The zero-order valence-corrected chi connectivity index (χ0v) is 23.8. The number of para-hydroxylation sites is 2. The number of aliphatic imine (C=N–C) groups is 2. The molecule has 0 spiro atoms. The first-order valence-electron chi connectivity index (χ1n) is 13.1. The number of aryl methyl sites for hydroxylation is 1. The van der Waals surface area contributed by atoms with Gasteiger partial charge in [0.15, 0.2) is 0 Å². The first-order chi connectivity index (χ1) is 17.4. The summed E-state index contributed by atoms with van der Waals surface area (Å²) in [4.78, 5) is 9.47. The van der Waals surface area contributed by atoms with Gasteiger partial charge in [-0.2, -0.15) is 0 Å². The topological polar surface area (TPSA) is 70.8 Å². The molecule has 0 radical (unpaired) electrons. The Morgan fingerprint density at radius 3 is 1.84 bits per heavy atom. The fourth-order valence-electron chi connectivity index (χ4n) is 3.95. The van der Waals surface area contributed by atoms with E-state index in [1.807, 2.05) is 81.4 Å². The van der Waals surface area contributed by atoms with Crippen LogP contribution in [0.25, 0.3) is 0 Å². The molecule has 0 N–H and O–H groups in total. The Bertz CT molecular complexity index is 1130. The summed E-state index contributed by atoms with van der Waals surface area (Å²) in [6, 6.07) is 21.6. The van der Waals surface area contributed by atoms with Crippen molar-refractivity contribution in [3.8, 4) is 11.5 Å². The quantitative estimate of drug-likeness (QED) is 0.194. The van der Waals surface area contributed by atoms with Crippen LogP contribution >= 0.6 is 0 Å². The van der Waals surface area contributed by atoms with Gasteiger partial charge < -0.3 is 10.2 Å². The van der Waals surface area contributed by atoms with Gasteiger partial charge in [0, 0.05) is 0 Å². The van der Waals surface area contributed by atoms with Crippen molar-refractivity contribution in [2.45, 2.75) is 79.6 Å². The monoisotopic (exact) mass is 542 g/mol. The summed E-state index contributed by atoms with van der Waals surface area (Å²) < 4.78 is 0. The normalized spacial score (nSPS) is 11.4. The summed E-state index contributed by atoms with van der Waals surface area (Å²) in [6.45, 7) is 10.3. The number of hydrogen-bond donors (Lipinski definition) is 0. The predicted molar refractivity (Wildman–Crippen MR) is 150 cm³/mol. The Hall–Kier alpha value is -2.91. The van der Waals surface area contributed by atoms with E-state index in [0.717, 1.165) is 84.4 Å². The molecule has 5 heteroatoms. The Kier molecular flexibility index (Phi) is 15.2. The van der Waals surface area contributed by atoms with Crippen LogP contribution in [0.3, 0.4) is 0 Å². The molecule has 0 aliphatic carbocycles. The second-order valence-electron chi connectivity index (χ2n) is 8.95. The maximum absolute atomic E-state index is 11.7. The van der Waals surface area contributed by atoms with Crippen molar-refractivity contribution >= 4 is 22.8 Å². The molecule has 0 bridgehead atoms. The average molecular weight is 543 g/mol. The second kappa shape index (κ2) is 17.5. The van der Waals surface area contributed by atoms with Gasteiger partial charge in [-0.15, -0.1) is 11.5 Å². The molecular weight excluding hydrogens is 503 g/mol. The summed E-state index contributed by atoms with van der Waals surface area (Å²) in [5.74, 6) is -0.637. The largest absolute Gasteiger partial charge is 2.00 e. The molecule has 37 heavy (non-hydrogen) atoms. The van der Waals surface area contributed by atoms with Gasteiger partial charge in [-0.25, -0.2) is 0 Å². The van der Waals surface area contributed by atoms with E-state index >= 15 is 0 Å². The Morgan fingerprint density at radius 1 is 0.784 bits per heavy atom. The number of benzene rings is 3. The minimum absolute atomic E-state index is 0. The van der Waals surface area contributed by atoms with Crippen molar-refractivity contribution in [2.24, 2.45) is 9.98 Å². The van der Waals surface area contributed by atoms with E-state index in [0.29, 0.717) is 0 Å². The van der Waals surface area contributed by atoms with Crippen molar-refractivity contribution in [3.05, 3.63) is 83.4 Å². The van der Waals surface area contributed by atoms with Crippen LogP contribution in [0.15, 0.2) is 76.7 Å². The standard InChI is InChI=1S/C19H22N2.C13H20O2.Ni/c1-3-4-15-19(21-18-13-9-6-10-14-18)16(2)20-17-11-7-5-8-12-17;1-4-6-7-11-9(3)10(5-2)8-12(14)13(11)15;/h5-14H,3-4,15H2,1-2H3;8,14-15H,4-7H2,1-3H3;/q;;+2/p-2. The van der Waals surface area contributed by atoms with Gasteiger partial charge in [-0.1, -0.05) is 81.6 Å². The maximum atomic E-state index is 11.7. The molecular formula is C32H40N2NiO2. The van der Waals surface area contributed by atoms with E-state index in [9.17, 15) is 10.2 Å². The van der Waals surface area contributed by atoms with Crippen LogP contribution in [0.4, 0.5) is 11.4 Å². The fourth-order valence-corrected chi connectivity index (χ4v) is 3.95. The number of rotatable bonds is 10. The van der Waals surface area contributed by atoms with Crippen LogP contribution in [0, 0.1) is 6.92 Å². The molecule has 0 amide bonds. The van der Waals surface area contributed by atoms with Crippen molar-refractivity contribution in [2.75, 3.05) is 0 Å². The van der Waals surface area contributed by atoms with Crippen LogP contribution in [0.1, 0.15) is 76.5 Å². The van der Waals surface area contributed by atoms with E-state index < -0.39 is 0 Å². The van der Waals surface area contributed by atoms with Gasteiger partial charge in [0.1, 0.15) is 0 Å². The molecule has 0 unspecified atom stereocenters. The SMILES string of the molecule is CCCCC(=Nc1ccccc1)C(C)=Nc1ccccc1.CCCCc1c(C)c(CC)cc([O-])c1[O-].[Ni+2]. The average Bonchev–Trinajstić information content (AvgIpc) is 2.90. The minimum atomic E-state index is -0.344. The van der Waals surface area contributed by atoms with Crippen LogP contribution in [0.5, 0.6) is 11.5 Å². The zero-order valence-electron chi connectivity index (χ0n) is 22.8. The number of hydrogen-bond acceptors (Lipinski definition) is 4. The van der Waals surface area contributed by atoms with Crippen molar-refractivity contribution < 1.29 is 26.7 Å². The third-order valence-corrected chi connectivity index (χ3v) is 6.16. The van der Waals surface area contributed by atoms with E-state index in [1.165, 1.54) is 6.07 Å². The molecule has 0 atom stereocenters. The zero-order chi connectivity index (χ0) is 26.3. The molecule has 3 aromatic rings. The molecule has 0 fully saturated rings. The molecule has 3 rings (SSSR count). The van der Waals surface area contributed by atoms with E-state index in [4.69, 9.17) is 9.98 Å². The summed E-state index contributed by atoms with van der Waals surface area (Å²) in [5.41, 5.74) is 6.83.